The minimum atomic E-state index is 0.0526. The zero-order valence-corrected chi connectivity index (χ0v) is 6.26. The molecule has 1 nitrogen and oxygen atoms in total. The Morgan fingerprint density at radius 3 is 2.40 bits per heavy atom. The van der Waals surface area contributed by atoms with Crippen LogP contribution in [-0.2, 0) is 4.79 Å². The van der Waals surface area contributed by atoms with Gasteiger partial charge in [-0.15, -0.1) is 6.58 Å². The van der Waals surface area contributed by atoms with Gasteiger partial charge in [-0.1, -0.05) is 24.8 Å². The van der Waals surface area contributed by atoms with Gasteiger partial charge in [0.15, 0.2) is 5.78 Å². The van der Waals surface area contributed by atoms with E-state index >= 15 is 0 Å². The number of Topliss-reactive ketones (excluding diaryl/α,β-unsaturated/α-hetero) is 1. The van der Waals surface area contributed by atoms with Crippen molar-refractivity contribution in [1.29, 1.82) is 0 Å². The van der Waals surface area contributed by atoms with Crippen molar-refractivity contribution < 1.29 is 4.79 Å². The van der Waals surface area contributed by atoms with Gasteiger partial charge in [0.1, 0.15) is 0 Å². The highest BCUT2D eigenvalue weighted by Gasteiger charge is 1.94. The predicted octanol–water partition coefficient (Wildman–Crippen LogP) is 2.26. The van der Waals surface area contributed by atoms with Gasteiger partial charge < -0.3 is 0 Å². The van der Waals surface area contributed by atoms with E-state index in [0.717, 1.165) is 6.42 Å². The van der Waals surface area contributed by atoms with Gasteiger partial charge in [0, 0.05) is 5.57 Å². The SMILES string of the molecule is C=CC/C=C(\C=C)C(C)=O. The topological polar surface area (TPSA) is 17.1 Å². The first kappa shape index (κ1) is 8.89. The van der Waals surface area contributed by atoms with E-state index in [-0.39, 0.29) is 5.78 Å². The molecular weight excluding hydrogens is 124 g/mol. The lowest BCUT2D eigenvalue weighted by Crippen LogP contribution is -1.91. The van der Waals surface area contributed by atoms with Crippen LogP contribution in [-0.4, -0.2) is 5.78 Å². The molecule has 0 aromatic carbocycles. The van der Waals surface area contributed by atoms with Crippen molar-refractivity contribution in [2.75, 3.05) is 0 Å². The van der Waals surface area contributed by atoms with Crippen LogP contribution >= 0.6 is 0 Å². The van der Waals surface area contributed by atoms with Crippen molar-refractivity contribution in [1.82, 2.24) is 0 Å². The molecule has 0 amide bonds. The molecule has 0 heterocycles. The van der Waals surface area contributed by atoms with Crippen LogP contribution in [0.2, 0.25) is 0 Å². The van der Waals surface area contributed by atoms with Gasteiger partial charge in [0.25, 0.3) is 0 Å². The summed E-state index contributed by atoms with van der Waals surface area (Å²) < 4.78 is 0. The first-order chi connectivity index (χ1) is 4.72. The molecule has 0 unspecified atom stereocenters. The summed E-state index contributed by atoms with van der Waals surface area (Å²) >= 11 is 0. The fraction of sp³-hybridized carbons (Fsp3) is 0.222. The van der Waals surface area contributed by atoms with E-state index < -0.39 is 0 Å². The molecule has 0 aromatic rings. The van der Waals surface area contributed by atoms with Crippen LogP contribution in [0.4, 0.5) is 0 Å². The van der Waals surface area contributed by atoms with Gasteiger partial charge in [-0.25, -0.2) is 0 Å². The van der Waals surface area contributed by atoms with Crippen LogP contribution in [0.1, 0.15) is 13.3 Å². The molecule has 0 saturated heterocycles. The monoisotopic (exact) mass is 136 g/mol. The average molecular weight is 136 g/mol. The first-order valence-electron chi connectivity index (χ1n) is 3.16. The third-order valence-electron chi connectivity index (χ3n) is 1.13. The van der Waals surface area contributed by atoms with Crippen LogP contribution in [0, 0.1) is 0 Å². The van der Waals surface area contributed by atoms with E-state index in [4.69, 9.17) is 0 Å². The summed E-state index contributed by atoms with van der Waals surface area (Å²) in [6.07, 6.45) is 5.83. The van der Waals surface area contributed by atoms with Crippen molar-refractivity contribution in [3.63, 3.8) is 0 Å². The van der Waals surface area contributed by atoms with E-state index in [9.17, 15) is 4.79 Å². The molecular formula is C9H12O. The van der Waals surface area contributed by atoms with Gasteiger partial charge in [-0.3, -0.25) is 4.79 Å². The smallest absolute Gasteiger partial charge is 0.159 e. The van der Waals surface area contributed by atoms with Gasteiger partial charge in [0.2, 0.25) is 0 Å². The van der Waals surface area contributed by atoms with Crippen LogP contribution in [0.25, 0.3) is 0 Å². The fourth-order valence-electron chi connectivity index (χ4n) is 0.581. The van der Waals surface area contributed by atoms with E-state index in [0.29, 0.717) is 5.57 Å². The quantitative estimate of drug-likeness (QED) is 0.329. The van der Waals surface area contributed by atoms with Crippen molar-refractivity contribution in [3.8, 4) is 0 Å². The molecule has 0 rings (SSSR count). The lowest BCUT2D eigenvalue weighted by Gasteiger charge is -1.91. The number of allylic oxidation sites excluding steroid dienone is 4. The second-order valence-corrected chi connectivity index (χ2v) is 1.94. The van der Waals surface area contributed by atoms with Crippen molar-refractivity contribution in [2.45, 2.75) is 13.3 Å². The van der Waals surface area contributed by atoms with Gasteiger partial charge in [0.05, 0.1) is 0 Å². The Balaban J connectivity index is 4.17. The van der Waals surface area contributed by atoms with E-state index in [2.05, 4.69) is 13.2 Å². The number of hydrogen-bond donors (Lipinski definition) is 0. The summed E-state index contributed by atoms with van der Waals surface area (Å²) in [6.45, 7) is 8.57. The molecule has 0 spiro atoms. The Bertz CT molecular complexity index is 175. The third-order valence-corrected chi connectivity index (χ3v) is 1.13. The second-order valence-electron chi connectivity index (χ2n) is 1.94. The van der Waals surface area contributed by atoms with Crippen LogP contribution in [0.15, 0.2) is 37.0 Å². The Kier molecular flexibility index (Phi) is 4.21. The summed E-state index contributed by atoms with van der Waals surface area (Å²) in [5.41, 5.74) is 0.667. The van der Waals surface area contributed by atoms with Crippen LogP contribution in [0.3, 0.4) is 0 Å². The summed E-state index contributed by atoms with van der Waals surface area (Å²) in [6, 6.07) is 0. The number of ketones is 1. The Morgan fingerprint density at radius 1 is 1.50 bits per heavy atom. The van der Waals surface area contributed by atoms with E-state index in [1.54, 1.807) is 12.2 Å². The Labute approximate surface area is 61.8 Å². The molecule has 1 heteroatoms. The molecule has 0 aliphatic heterocycles. The Morgan fingerprint density at radius 2 is 2.10 bits per heavy atom. The van der Waals surface area contributed by atoms with Crippen LogP contribution in [0.5, 0.6) is 0 Å². The fourth-order valence-corrected chi connectivity index (χ4v) is 0.581. The maximum Gasteiger partial charge on any atom is 0.159 e. The average Bonchev–Trinajstić information content (AvgIpc) is 1.89. The lowest BCUT2D eigenvalue weighted by atomic mass is 10.1. The maximum atomic E-state index is 10.7. The molecule has 0 atom stereocenters. The minimum absolute atomic E-state index is 0.0526. The van der Waals surface area contributed by atoms with E-state index in [1.165, 1.54) is 6.92 Å². The number of carbonyl (C=O) groups is 1. The molecule has 0 saturated carbocycles. The molecule has 0 bridgehead atoms. The zero-order chi connectivity index (χ0) is 7.98. The highest BCUT2D eigenvalue weighted by Crippen LogP contribution is 1.99. The van der Waals surface area contributed by atoms with Gasteiger partial charge in [-0.05, 0) is 13.3 Å². The highest BCUT2D eigenvalue weighted by atomic mass is 16.1. The molecule has 54 valence electrons. The Hall–Kier alpha value is -1.11. The van der Waals surface area contributed by atoms with E-state index in [1.807, 2.05) is 6.08 Å². The predicted molar refractivity (Wildman–Crippen MR) is 43.8 cm³/mol. The van der Waals surface area contributed by atoms with Crippen molar-refractivity contribution in [3.05, 3.63) is 37.0 Å². The molecule has 10 heavy (non-hydrogen) atoms. The number of hydrogen-bond acceptors (Lipinski definition) is 1. The molecule has 0 radical (unpaired) electrons. The maximum absolute atomic E-state index is 10.7. The normalized spacial score (nSPS) is 10.7. The highest BCUT2D eigenvalue weighted by molar-refractivity contribution is 5.95. The molecule has 0 N–H and O–H groups in total. The van der Waals surface area contributed by atoms with Gasteiger partial charge >= 0.3 is 0 Å². The second kappa shape index (κ2) is 4.74. The lowest BCUT2D eigenvalue weighted by molar-refractivity contribution is -0.113. The number of rotatable bonds is 4. The third kappa shape index (κ3) is 3.02. The zero-order valence-electron chi connectivity index (χ0n) is 6.26. The molecule has 0 aromatic heterocycles. The summed E-state index contributed by atoms with van der Waals surface area (Å²) in [4.78, 5) is 10.7. The molecule has 0 aliphatic rings. The minimum Gasteiger partial charge on any atom is -0.295 e. The largest absolute Gasteiger partial charge is 0.295 e. The summed E-state index contributed by atoms with van der Waals surface area (Å²) in [5, 5.41) is 0. The summed E-state index contributed by atoms with van der Waals surface area (Å²) in [7, 11) is 0. The number of carbonyl (C=O) groups excluding carboxylic acids is 1. The molecule has 0 aliphatic carbocycles. The standard InChI is InChI=1S/C9H12O/c1-4-6-7-9(5-2)8(3)10/h4-5,7H,1-2,6H2,3H3/b9-7+. The van der Waals surface area contributed by atoms with Crippen LogP contribution < -0.4 is 0 Å². The summed E-state index contributed by atoms with van der Waals surface area (Å²) in [5.74, 6) is 0.0526. The van der Waals surface area contributed by atoms with Crippen molar-refractivity contribution >= 4 is 5.78 Å². The van der Waals surface area contributed by atoms with Gasteiger partial charge in [-0.2, -0.15) is 0 Å². The van der Waals surface area contributed by atoms with Crippen molar-refractivity contribution in [2.24, 2.45) is 0 Å². The first-order valence-corrected chi connectivity index (χ1v) is 3.16. The molecule has 0 fully saturated rings.